The van der Waals surface area contributed by atoms with Gasteiger partial charge >= 0.3 is 0 Å². The number of hydrogen-bond acceptors (Lipinski definition) is 1. The van der Waals surface area contributed by atoms with Crippen molar-refractivity contribution in [2.75, 3.05) is 0 Å². The molecule has 1 unspecified atom stereocenters. The quantitative estimate of drug-likeness (QED) is 0.658. The van der Waals surface area contributed by atoms with Crippen LogP contribution >= 0.6 is 0 Å². The summed E-state index contributed by atoms with van der Waals surface area (Å²) in [4.78, 5) is 0. The van der Waals surface area contributed by atoms with Crippen LogP contribution in [0.15, 0.2) is 24.3 Å². The molecule has 0 aromatic heterocycles. The second-order valence-corrected chi connectivity index (χ2v) is 3.09. The van der Waals surface area contributed by atoms with Crippen molar-refractivity contribution in [3.63, 3.8) is 0 Å². The second kappa shape index (κ2) is 4.05. The van der Waals surface area contributed by atoms with Crippen LogP contribution in [0.4, 0.5) is 0 Å². The summed E-state index contributed by atoms with van der Waals surface area (Å²) in [7, 11) is 0. The number of nitrogens with one attached hydrogen (secondary N) is 1. The predicted octanol–water partition coefficient (Wildman–Crippen LogP) is 3.14. The summed E-state index contributed by atoms with van der Waals surface area (Å²) in [5.74, 6) is 0.297. The Bertz CT molecular complexity index is 248. The summed E-state index contributed by atoms with van der Waals surface area (Å²) in [5.41, 5.74) is 2.52. The van der Waals surface area contributed by atoms with Gasteiger partial charge in [-0.2, -0.15) is 0 Å². The average molecular weight is 161 g/mol. The molecule has 0 fully saturated rings. The lowest BCUT2D eigenvalue weighted by atomic mass is 9.97. The van der Waals surface area contributed by atoms with E-state index in [4.69, 9.17) is 5.41 Å². The smallest absolute Gasteiger partial charge is 0.0183 e. The fourth-order valence-electron chi connectivity index (χ4n) is 1.26. The SMILES string of the molecule is CCC(C=N)c1ccc(C)cc1. The first-order chi connectivity index (χ1) is 5.77. The Kier molecular flexibility index (Phi) is 3.03. The van der Waals surface area contributed by atoms with Gasteiger partial charge in [0.1, 0.15) is 0 Å². The van der Waals surface area contributed by atoms with Gasteiger partial charge in [0.05, 0.1) is 0 Å². The van der Waals surface area contributed by atoms with Crippen LogP contribution in [0, 0.1) is 12.3 Å². The highest BCUT2D eigenvalue weighted by Gasteiger charge is 2.03. The van der Waals surface area contributed by atoms with Gasteiger partial charge in [-0.25, -0.2) is 0 Å². The third kappa shape index (κ3) is 1.94. The molecule has 0 saturated heterocycles. The van der Waals surface area contributed by atoms with E-state index in [0.29, 0.717) is 5.92 Å². The lowest BCUT2D eigenvalue weighted by Gasteiger charge is -2.08. The van der Waals surface area contributed by atoms with Gasteiger partial charge in [-0.15, -0.1) is 0 Å². The number of benzene rings is 1. The monoisotopic (exact) mass is 161 g/mol. The highest BCUT2D eigenvalue weighted by molar-refractivity contribution is 5.64. The Morgan fingerprint density at radius 3 is 2.33 bits per heavy atom. The number of rotatable bonds is 3. The summed E-state index contributed by atoms with van der Waals surface area (Å²) in [6, 6.07) is 8.41. The molecule has 0 radical (unpaired) electrons. The van der Waals surface area contributed by atoms with Crippen LogP contribution < -0.4 is 0 Å². The Morgan fingerprint density at radius 1 is 1.33 bits per heavy atom. The molecule has 1 N–H and O–H groups in total. The third-order valence-electron chi connectivity index (χ3n) is 2.15. The summed E-state index contributed by atoms with van der Waals surface area (Å²) < 4.78 is 0. The van der Waals surface area contributed by atoms with Gasteiger partial charge in [0, 0.05) is 12.1 Å². The summed E-state index contributed by atoms with van der Waals surface area (Å²) >= 11 is 0. The lowest BCUT2D eigenvalue weighted by Crippen LogP contribution is -1.97. The highest BCUT2D eigenvalue weighted by Crippen LogP contribution is 2.17. The Hall–Kier alpha value is -1.11. The fourth-order valence-corrected chi connectivity index (χ4v) is 1.26. The van der Waals surface area contributed by atoms with Crippen LogP contribution in [-0.4, -0.2) is 6.21 Å². The maximum atomic E-state index is 7.23. The Labute approximate surface area is 73.9 Å². The van der Waals surface area contributed by atoms with Gasteiger partial charge in [-0.3, -0.25) is 0 Å². The molecule has 0 heterocycles. The molecule has 0 aliphatic rings. The zero-order valence-corrected chi connectivity index (χ0v) is 7.67. The minimum absolute atomic E-state index is 0.297. The van der Waals surface area contributed by atoms with Crippen molar-refractivity contribution in [1.29, 1.82) is 5.41 Å². The van der Waals surface area contributed by atoms with E-state index in [-0.39, 0.29) is 0 Å². The lowest BCUT2D eigenvalue weighted by molar-refractivity contribution is 0.854. The van der Waals surface area contributed by atoms with E-state index in [2.05, 4.69) is 38.1 Å². The van der Waals surface area contributed by atoms with E-state index in [0.717, 1.165) is 6.42 Å². The van der Waals surface area contributed by atoms with Gasteiger partial charge in [0.15, 0.2) is 0 Å². The average Bonchev–Trinajstić information content (AvgIpc) is 2.10. The van der Waals surface area contributed by atoms with E-state index < -0.39 is 0 Å². The fraction of sp³-hybridized carbons (Fsp3) is 0.364. The van der Waals surface area contributed by atoms with Crippen molar-refractivity contribution in [3.8, 4) is 0 Å². The minimum atomic E-state index is 0.297. The summed E-state index contributed by atoms with van der Waals surface area (Å²) in [6.07, 6.45) is 2.53. The first kappa shape index (κ1) is 8.98. The second-order valence-electron chi connectivity index (χ2n) is 3.09. The summed E-state index contributed by atoms with van der Waals surface area (Å²) in [5, 5.41) is 7.23. The maximum absolute atomic E-state index is 7.23. The van der Waals surface area contributed by atoms with Crippen molar-refractivity contribution in [3.05, 3.63) is 35.4 Å². The molecule has 0 saturated carbocycles. The van der Waals surface area contributed by atoms with E-state index in [1.54, 1.807) is 0 Å². The first-order valence-electron chi connectivity index (χ1n) is 4.35. The third-order valence-corrected chi connectivity index (χ3v) is 2.15. The van der Waals surface area contributed by atoms with Gasteiger partial charge in [0.2, 0.25) is 0 Å². The van der Waals surface area contributed by atoms with E-state index >= 15 is 0 Å². The molecule has 1 nitrogen and oxygen atoms in total. The molecule has 0 aliphatic heterocycles. The molecule has 12 heavy (non-hydrogen) atoms. The largest absolute Gasteiger partial charge is 0.312 e. The van der Waals surface area contributed by atoms with E-state index in [1.165, 1.54) is 17.3 Å². The van der Waals surface area contributed by atoms with Crippen LogP contribution in [0.5, 0.6) is 0 Å². The minimum Gasteiger partial charge on any atom is -0.312 e. The molecular weight excluding hydrogens is 146 g/mol. The molecule has 1 rings (SSSR count). The van der Waals surface area contributed by atoms with Gasteiger partial charge in [-0.1, -0.05) is 36.8 Å². The number of aryl methyl sites for hydroxylation is 1. The molecule has 0 aliphatic carbocycles. The summed E-state index contributed by atoms with van der Waals surface area (Å²) in [6.45, 7) is 4.19. The van der Waals surface area contributed by atoms with Crippen LogP contribution in [0.2, 0.25) is 0 Å². The molecule has 1 aromatic rings. The van der Waals surface area contributed by atoms with Crippen molar-refractivity contribution in [1.82, 2.24) is 0 Å². The van der Waals surface area contributed by atoms with Gasteiger partial charge < -0.3 is 5.41 Å². The van der Waals surface area contributed by atoms with Crippen LogP contribution in [0.1, 0.15) is 30.4 Å². The molecule has 1 heteroatoms. The van der Waals surface area contributed by atoms with Crippen molar-refractivity contribution in [2.24, 2.45) is 0 Å². The molecule has 1 atom stereocenters. The standard InChI is InChI=1S/C11H15N/c1-3-10(8-12)11-6-4-9(2)5-7-11/h4-8,10,12H,3H2,1-2H3. The molecular formula is C11H15N. The van der Waals surface area contributed by atoms with Crippen LogP contribution in [0.3, 0.4) is 0 Å². The molecule has 64 valence electrons. The normalized spacial score (nSPS) is 12.5. The van der Waals surface area contributed by atoms with Gasteiger partial charge in [-0.05, 0) is 18.9 Å². The topological polar surface area (TPSA) is 23.9 Å². The zero-order valence-electron chi connectivity index (χ0n) is 7.67. The predicted molar refractivity (Wildman–Crippen MR) is 53.0 cm³/mol. The van der Waals surface area contributed by atoms with Crippen molar-refractivity contribution in [2.45, 2.75) is 26.2 Å². The van der Waals surface area contributed by atoms with E-state index in [9.17, 15) is 0 Å². The van der Waals surface area contributed by atoms with Crippen LogP contribution in [-0.2, 0) is 0 Å². The molecule has 0 amide bonds. The number of hydrogen-bond donors (Lipinski definition) is 1. The first-order valence-corrected chi connectivity index (χ1v) is 4.35. The maximum Gasteiger partial charge on any atom is 0.0183 e. The van der Waals surface area contributed by atoms with Crippen molar-refractivity contribution < 1.29 is 0 Å². The van der Waals surface area contributed by atoms with Crippen LogP contribution in [0.25, 0.3) is 0 Å². The van der Waals surface area contributed by atoms with Gasteiger partial charge in [0.25, 0.3) is 0 Å². The Morgan fingerprint density at radius 2 is 1.92 bits per heavy atom. The Balaban J connectivity index is 2.87. The van der Waals surface area contributed by atoms with Crippen molar-refractivity contribution >= 4 is 6.21 Å². The molecule has 1 aromatic carbocycles. The molecule has 0 bridgehead atoms. The van der Waals surface area contributed by atoms with E-state index in [1.807, 2.05) is 0 Å². The molecule has 0 spiro atoms. The zero-order chi connectivity index (χ0) is 8.97. The highest BCUT2D eigenvalue weighted by atomic mass is 14.3.